The lowest BCUT2D eigenvalue weighted by Crippen LogP contribution is -1.91. The van der Waals surface area contributed by atoms with Crippen molar-refractivity contribution in [2.45, 2.75) is 12.3 Å². The minimum Gasteiger partial charge on any atom is -0.206 e. The molecule has 0 saturated heterocycles. The molecule has 0 saturated carbocycles. The third-order valence-electron chi connectivity index (χ3n) is 2.25. The number of benzene rings is 1. The zero-order chi connectivity index (χ0) is 11.7. The van der Waals surface area contributed by atoms with E-state index >= 15 is 0 Å². The van der Waals surface area contributed by atoms with Gasteiger partial charge in [-0.25, -0.2) is 4.39 Å². The van der Waals surface area contributed by atoms with Gasteiger partial charge in [0.1, 0.15) is 5.82 Å². The number of aryl methyl sites for hydroxylation is 1. The first-order valence-corrected chi connectivity index (χ1v) is 6.78. The molecule has 0 bridgehead atoms. The highest BCUT2D eigenvalue weighted by Gasteiger charge is 2.14. The highest BCUT2D eigenvalue weighted by atomic mass is 79.9. The van der Waals surface area contributed by atoms with Gasteiger partial charge in [-0.1, -0.05) is 6.07 Å². The summed E-state index contributed by atoms with van der Waals surface area (Å²) in [4.78, 5) is 2.31. The second-order valence-corrected chi connectivity index (χ2v) is 6.09. The number of thiophene rings is 1. The van der Waals surface area contributed by atoms with Gasteiger partial charge in [-0.3, -0.25) is 0 Å². The van der Waals surface area contributed by atoms with Crippen molar-refractivity contribution in [2.24, 2.45) is 0 Å². The molecule has 1 aromatic heterocycles. The summed E-state index contributed by atoms with van der Waals surface area (Å²) in [6.45, 7) is 2.04. The van der Waals surface area contributed by atoms with Crippen molar-refractivity contribution < 1.29 is 4.39 Å². The van der Waals surface area contributed by atoms with Crippen molar-refractivity contribution in [3.63, 3.8) is 0 Å². The molecule has 4 heteroatoms. The van der Waals surface area contributed by atoms with Gasteiger partial charge in [-0.2, -0.15) is 0 Å². The molecule has 0 amide bonds. The molecule has 0 nitrogen and oxygen atoms in total. The fourth-order valence-corrected chi connectivity index (χ4v) is 3.05. The van der Waals surface area contributed by atoms with Crippen LogP contribution < -0.4 is 0 Å². The van der Waals surface area contributed by atoms with Crippen LogP contribution in [0.15, 0.2) is 34.8 Å². The van der Waals surface area contributed by atoms with Gasteiger partial charge in [0.25, 0.3) is 0 Å². The summed E-state index contributed by atoms with van der Waals surface area (Å²) in [5, 5.41) is -0.212. The Kier molecular flexibility index (Phi) is 3.67. The molecule has 1 unspecified atom stereocenters. The van der Waals surface area contributed by atoms with Crippen molar-refractivity contribution in [3.8, 4) is 0 Å². The van der Waals surface area contributed by atoms with E-state index < -0.39 is 0 Å². The van der Waals surface area contributed by atoms with Gasteiger partial charge < -0.3 is 0 Å². The predicted molar refractivity (Wildman–Crippen MR) is 70.9 cm³/mol. The van der Waals surface area contributed by atoms with Crippen molar-refractivity contribution >= 4 is 38.9 Å². The van der Waals surface area contributed by atoms with Crippen LogP contribution in [0.1, 0.15) is 20.7 Å². The van der Waals surface area contributed by atoms with Crippen molar-refractivity contribution in [2.75, 3.05) is 0 Å². The third kappa shape index (κ3) is 2.47. The summed E-state index contributed by atoms with van der Waals surface area (Å²) in [6, 6.07) is 8.91. The van der Waals surface area contributed by atoms with E-state index in [1.165, 1.54) is 10.9 Å². The smallest absolute Gasteiger partial charge is 0.137 e. The van der Waals surface area contributed by atoms with Crippen LogP contribution in [0, 0.1) is 12.7 Å². The topological polar surface area (TPSA) is 0 Å². The molecule has 84 valence electrons. The summed E-state index contributed by atoms with van der Waals surface area (Å²) in [6.07, 6.45) is 0. The van der Waals surface area contributed by atoms with Crippen LogP contribution in [0.2, 0.25) is 0 Å². The zero-order valence-electron chi connectivity index (χ0n) is 8.51. The quantitative estimate of drug-likeness (QED) is 0.660. The molecule has 1 atom stereocenters. The van der Waals surface area contributed by atoms with Gasteiger partial charge in [-0.15, -0.1) is 22.9 Å². The maximum absolute atomic E-state index is 13.1. The average molecular weight is 320 g/mol. The molecular formula is C12H9BrClFS. The summed E-state index contributed by atoms with van der Waals surface area (Å²) in [5.74, 6) is -0.269. The Morgan fingerprint density at radius 2 is 2.06 bits per heavy atom. The molecule has 1 aromatic carbocycles. The maximum Gasteiger partial charge on any atom is 0.137 e. The van der Waals surface area contributed by atoms with Crippen LogP contribution in [-0.4, -0.2) is 0 Å². The second kappa shape index (κ2) is 4.86. The fourth-order valence-electron chi connectivity index (χ4n) is 1.42. The summed E-state index contributed by atoms with van der Waals surface area (Å²) >= 11 is 11.2. The van der Waals surface area contributed by atoms with E-state index in [4.69, 9.17) is 11.6 Å². The van der Waals surface area contributed by atoms with E-state index in [9.17, 15) is 4.39 Å². The lowest BCUT2D eigenvalue weighted by Gasteiger charge is -2.08. The van der Waals surface area contributed by atoms with Gasteiger partial charge in [0.2, 0.25) is 0 Å². The molecule has 0 aliphatic rings. The third-order valence-corrected chi connectivity index (χ3v) is 4.54. The summed E-state index contributed by atoms with van der Waals surface area (Å²) in [7, 11) is 0. The Labute approximate surface area is 111 Å². The fraction of sp³-hybridized carbons (Fsp3) is 0.167. The van der Waals surface area contributed by atoms with E-state index in [1.807, 2.05) is 19.1 Å². The molecule has 0 radical (unpaired) electrons. The molecule has 0 aliphatic heterocycles. The first-order chi connectivity index (χ1) is 7.58. The minimum atomic E-state index is -0.269. The average Bonchev–Trinajstić information content (AvgIpc) is 2.68. The Bertz CT molecular complexity index is 509. The number of rotatable bonds is 2. The number of hydrogen-bond acceptors (Lipinski definition) is 1. The Morgan fingerprint density at radius 1 is 1.31 bits per heavy atom. The van der Waals surface area contributed by atoms with E-state index in [1.54, 1.807) is 23.5 Å². The standard InChI is InChI=1S/C12H9BrClFS/c1-7-2-5-11(16-7)12(14)8-3-4-10(15)9(13)6-8/h2-6,12H,1H3. The maximum atomic E-state index is 13.1. The Balaban J connectivity index is 2.33. The Hall–Kier alpha value is -0.380. The highest BCUT2D eigenvalue weighted by Crippen LogP contribution is 2.34. The number of halogens is 3. The van der Waals surface area contributed by atoms with Crippen LogP contribution in [0.5, 0.6) is 0 Å². The molecule has 1 heterocycles. The van der Waals surface area contributed by atoms with E-state index in [-0.39, 0.29) is 11.2 Å². The predicted octanol–water partition coefficient (Wildman–Crippen LogP) is 5.29. The number of hydrogen-bond donors (Lipinski definition) is 0. The molecule has 16 heavy (non-hydrogen) atoms. The molecule has 0 N–H and O–H groups in total. The van der Waals surface area contributed by atoms with Crippen LogP contribution in [0.3, 0.4) is 0 Å². The van der Waals surface area contributed by atoms with Crippen LogP contribution in [0.4, 0.5) is 4.39 Å². The largest absolute Gasteiger partial charge is 0.206 e. The van der Waals surface area contributed by atoms with Gasteiger partial charge in [0.15, 0.2) is 0 Å². The van der Waals surface area contributed by atoms with Crippen LogP contribution in [0.25, 0.3) is 0 Å². The molecule has 0 spiro atoms. The van der Waals surface area contributed by atoms with E-state index in [0.717, 1.165) is 10.4 Å². The summed E-state index contributed by atoms with van der Waals surface area (Å²) in [5.41, 5.74) is 0.900. The lowest BCUT2D eigenvalue weighted by atomic mass is 10.1. The monoisotopic (exact) mass is 318 g/mol. The number of alkyl halides is 1. The van der Waals surface area contributed by atoms with Crippen LogP contribution in [-0.2, 0) is 0 Å². The van der Waals surface area contributed by atoms with Crippen molar-refractivity contribution in [1.29, 1.82) is 0 Å². The molecule has 2 rings (SSSR count). The normalized spacial score (nSPS) is 12.8. The first kappa shape index (κ1) is 12.1. The lowest BCUT2D eigenvalue weighted by molar-refractivity contribution is 0.620. The first-order valence-electron chi connectivity index (χ1n) is 4.73. The van der Waals surface area contributed by atoms with Gasteiger partial charge in [-0.05, 0) is 52.7 Å². The van der Waals surface area contributed by atoms with Crippen molar-refractivity contribution in [1.82, 2.24) is 0 Å². The van der Waals surface area contributed by atoms with Gasteiger partial charge in [0.05, 0.1) is 9.85 Å². The summed E-state index contributed by atoms with van der Waals surface area (Å²) < 4.78 is 13.5. The highest BCUT2D eigenvalue weighted by molar-refractivity contribution is 9.10. The van der Waals surface area contributed by atoms with Crippen LogP contribution >= 0.6 is 38.9 Å². The zero-order valence-corrected chi connectivity index (χ0v) is 11.7. The minimum absolute atomic E-state index is 0.212. The molecular weight excluding hydrogens is 311 g/mol. The van der Waals surface area contributed by atoms with E-state index in [2.05, 4.69) is 15.9 Å². The second-order valence-electron chi connectivity index (χ2n) is 3.48. The molecule has 2 aromatic rings. The van der Waals surface area contributed by atoms with Gasteiger partial charge in [0, 0.05) is 9.75 Å². The van der Waals surface area contributed by atoms with Crippen molar-refractivity contribution in [3.05, 3.63) is 55.9 Å². The SMILES string of the molecule is Cc1ccc(C(Cl)c2ccc(F)c(Br)c2)s1. The van der Waals surface area contributed by atoms with E-state index in [0.29, 0.717) is 4.47 Å². The Morgan fingerprint density at radius 3 is 2.62 bits per heavy atom. The molecule has 0 fully saturated rings. The van der Waals surface area contributed by atoms with Gasteiger partial charge >= 0.3 is 0 Å². The molecule has 0 aliphatic carbocycles.